The first-order valence-corrected chi connectivity index (χ1v) is 10.6. The highest BCUT2D eigenvalue weighted by Crippen LogP contribution is 2.32. The van der Waals surface area contributed by atoms with Crippen LogP contribution in [0, 0.1) is 19.8 Å². The summed E-state index contributed by atoms with van der Waals surface area (Å²) in [5, 5.41) is 2.91. The maximum atomic E-state index is 13.1. The van der Waals surface area contributed by atoms with Crippen LogP contribution in [0.5, 0.6) is 0 Å². The summed E-state index contributed by atoms with van der Waals surface area (Å²) in [6.07, 6.45) is 4.12. The first-order chi connectivity index (χ1) is 14.3. The van der Waals surface area contributed by atoms with Gasteiger partial charge in [0, 0.05) is 17.3 Å². The molecule has 0 bridgehead atoms. The van der Waals surface area contributed by atoms with E-state index in [4.69, 9.17) is 4.74 Å². The van der Waals surface area contributed by atoms with Crippen molar-refractivity contribution in [1.29, 1.82) is 0 Å². The number of ether oxygens (including phenoxy) is 1. The number of aromatic amines is 1. The zero-order chi connectivity index (χ0) is 21.8. The maximum Gasteiger partial charge on any atom is 0.340 e. The van der Waals surface area contributed by atoms with E-state index in [9.17, 15) is 14.4 Å². The second kappa shape index (κ2) is 9.28. The van der Waals surface area contributed by atoms with Crippen LogP contribution in [0.15, 0.2) is 24.3 Å². The Morgan fingerprint density at radius 2 is 1.77 bits per heavy atom. The average Bonchev–Trinajstić information content (AvgIpc) is 3.07. The summed E-state index contributed by atoms with van der Waals surface area (Å²) in [6.45, 7) is 7.73. The molecule has 6 heteroatoms. The number of benzene rings is 1. The highest BCUT2D eigenvalue weighted by molar-refractivity contribution is 6.44. The van der Waals surface area contributed by atoms with E-state index >= 15 is 0 Å². The zero-order valence-electron chi connectivity index (χ0n) is 18.1. The molecule has 30 heavy (non-hydrogen) atoms. The molecule has 2 N–H and O–H groups in total. The molecule has 1 aromatic heterocycles. The highest BCUT2D eigenvalue weighted by Gasteiger charge is 2.32. The lowest BCUT2D eigenvalue weighted by Gasteiger charge is -2.29. The van der Waals surface area contributed by atoms with Gasteiger partial charge in [-0.3, -0.25) is 9.59 Å². The Morgan fingerprint density at radius 3 is 2.40 bits per heavy atom. The van der Waals surface area contributed by atoms with E-state index in [0.717, 1.165) is 31.2 Å². The van der Waals surface area contributed by atoms with Gasteiger partial charge in [0.2, 0.25) is 0 Å². The Hall–Kier alpha value is -2.89. The Kier molecular flexibility index (Phi) is 6.75. The number of aryl methyl sites for hydroxylation is 2. The zero-order valence-corrected chi connectivity index (χ0v) is 18.1. The second-order valence-electron chi connectivity index (χ2n) is 8.13. The highest BCUT2D eigenvalue weighted by atomic mass is 16.5. The number of aromatic nitrogens is 1. The predicted octanol–water partition coefficient (Wildman–Crippen LogP) is 4.35. The van der Waals surface area contributed by atoms with Crippen molar-refractivity contribution in [1.82, 2.24) is 10.3 Å². The van der Waals surface area contributed by atoms with Gasteiger partial charge in [-0.05, 0) is 45.1 Å². The Bertz CT molecular complexity index is 943. The SMILES string of the molecule is CCOC(=O)c1c(C)[nH]c(C(=O)C(=O)N[C@H]2CCCC[C@H]2C)c1-c1ccc(C)cc1. The van der Waals surface area contributed by atoms with Crippen LogP contribution in [0.1, 0.15) is 71.6 Å². The average molecular weight is 411 g/mol. The van der Waals surface area contributed by atoms with Crippen molar-refractivity contribution in [2.75, 3.05) is 6.61 Å². The third-order valence-corrected chi connectivity index (χ3v) is 5.87. The maximum absolute atomic E-state index is 13.1. The Labute approximate surface area is 177 Å². The molecule has 1 aliphatic carbocycles. The number of hydrogen-bond donors (Lipinski definition) is 2. The first-order valence-electron chi connectivity index (χ1n) is 10.6. The number of nitrogens with one attached hydrogen (secondary N) is 2. The van der Waals surface area contributed by atoms with Crippen LogP contribution >= 0.6 is 0 Å². The van der Waals surface area contributed by atoms with Gasteiger partial charge in [-0.1, -0.05) is 49.6 Å². The largest absolute Gasteiger partial charge is 0.462 e. The number of esters is 1. The molecule has 0 unspecified atom stereocenters. The molecular weight excluding hydrogens is 380 g/mol. The van der Waals surface area contributed by atoms with Crippen LogP contribution < -0.4 is 5.32 Å². The van der Waals surface area contributed by atoms with Gasteiger partial charge in [0.25, 0.3) is 11.7 Å². The van der Waals surface area contributed by atoms with E-state index in [2.05, 4.69) is 17.2 Å². The van der Waals surface area contributed by atoms with Crippen LogP contribution in [0.3, 0.4) is 0 Å². The summed E-state index contributed by atoms with van der Waals surface area (Å²) >= 11 is 0. The van der Waals surface area contributed by atoms with Crippen molar-refractivity contribution >= 4 is 17.7 Å². The molecule has 0 saturated heterocycles. The molecule has 0 spiro atoms. The van der Waals surface area contributed by atoms with E-state index < -0.39 is 17.7 Å². The van der Waals surface area contributed by atoms with E-state index in [1.807, 2.05) is 31.2 Å². The minimum absolute atomic E-state index is 0.00129. The summed E-state index contributed by atoms with van der Waals surface area (Å²) in [6, 6.07) is 7.51. The van der Waals surface area contributed by atoms with Gasteiger partial charge in [-0.25, -0.2) is 4.79 Å². The fourth-order valence-electron chi connectivity index (χ4n) is 4.14. The summed E-state index contributed by atoms with van der Waals surface area (Å²) in [5.41, 5.74) is 3.09. The standard InChI is InChI=1S/C24H30N2O4/c1-5-30-24(29)19-16(4)25-21(20(19)17-12-10-14(2)11-13-17)22(27)23(28)26-18-9-7-6-8-15(18)3/h10-13,15,18,25H,5-9H2,1-4H3,(H,26,28)/t15-,18+/m1/s1. The van der Waals surface area contributed by atoms with Gasteiger partial charge in [0.05, 0.1) is 12.2 Å². The lowest BCUT2D eigenvalue weighted by molar-refractivity contribution is -0.118. The molecule has 6 nitrogen and oxygen atoms in total. The van der Waals surface area contributed by atoms with Gasteiger partial charge in [0.1, 0.15) is 5.69 Å². The van der Waals surface area contributed by atoms with E-state index in [1.165, 1.54) is 0 Å². The number of amides is 1. The van der Waals surface area contributed by atoms with Crippen molar-refractivity contribution in [3.63, 3.8) is 0 Å². The number of rotatable bonds is 6. The first kappa shape index (κ1) is 21.8. The Morgan fingerprint density at radius 1 is 1.10 bits per heavy atom. The molecule has 160 valence electrons. The fourth-order valence-corrected chi connectivity index (χ4v) is 4.14. The quantitative estimate of drug-likeness (QED) is 0.421. The summed E-state index contributed by atoms with van der Waals surface area (Å²) in [4.78, 5) is 41.6. The monoisotopic (exact) mass is 410 g/mol. The summed E-state index contributed by atoms with van der Waals surface area (Å²) < 4.78 is 5.21. The van der Waals surface area contributed by atoms with Crippen LogP contribution in [-0.2, 0) is 9.53 Å². The fraction of sp³-hybridized carbons (Fsp3) is 0.458. The van der Waals surface area contributed by atoms with Crippen molar-refractivity contribution < 1.29 is 19.1 Å². The normalized spacial score (nSPS) is 18.7. The molecule has 1 saturated carbocycles. The summed E-state index contributed by atoms with van der Waals surface area (Å²) in [5.74, 6) is -1.48. The van der Waals surface area contributed by atoms with E-state index in [0.29, 0.717) is 28.3 Å². The lowest BCUT2D eigenvalue weighted by atomic mass is 9.86. The van der Waals surface area contributed by atoms with Gasteiger partial charge in [-0.2, -0.15) is 0 Å². The molecule has 1 amide bonds. The molecule has 0 radical (unpaired) electrons. The van der Waals surface area contributed by atoms with Crippen LogP contribution in [0.4, 0.5) is 0 Å². The molecular formula is C24H30N2O4. The van der Waals surface area contributed by atoms with Gasteiger partial charge >= 0.3 is 5.97 Å². The Balaban J connectivity index is 1.99. The van der Waals surface area contributed by atoms with Crippen molar-refractivity contribution in [3.05, 3.63) is 46.8 Å². The number of H-pyrrole nitrogens is 1. The number of carbonyl (C=O) groups excluding carboxylic acids is 3. The van der Waals surface area contributed by atoms with E-state index in [1.54, 1.807) is 13.8 Å². The smallest absolute Gasteiger partial charge is 0.340 e. The third-order valence-electron chi connectivity index (χ3n) is 5.87. The minimum Gasteiger partial charge on any atom is -0.462 e. The number of Topliss-reactive ketones (excluding diaryl/α,β-unsaturated/α-hetero) is 1. The molecule has 1 aromatic carbocycles. The van der Waals surface area contributed by atoms with Crippen LogP contribution in [-0.4, -0.2) is 35.3 Å². The molecule has 2 atom stereocenters. The number of hydrogen-bond acceptors (Lipinski definition) is 4. The van der Waals surface area contributed by atoms with Crippen molar-refractivity contribution in [2.24, 2.45) is 5.92 Å². The lowest BCUT2D eigenvalue weighted by Crippen LogP contribution is -2.44. The molecule has 1 aliphatic rings. The van der Waals surface area contributed by atoms with Gasteiger partial charge in [-0.15, -0.1) is 0 Å². The molecule has 1 fully saturated rings. The third kappa shape index (κ3) is 4.48. The van der Waals surface area contributed by atoms with Gasteiger partial charge in [0.15, 0.2) is 0 Å². The van der Waals surface area contributed by atoms with E-state index in [-0.39, 0.29) is 18.3 Å². The van der Waals surface area contributed by atoms with Crippen molar-refractivity contribution in [2.45, 2.75) is 59.4 Å². The van der Waals surface area contributed by atoms with Crippen LogP contribution in [0.25, 0.3) is 11.1 Å². The number of carbonyl (C=O) groups is 3. The molecule has 2 aromatic rings. The summed E-state index contributed by atoms with van der Waals surface area (Å²) in [7, 11) is 0. The molecule has 3 rings (SSSR count). The second-order valence-corrected chi connectivity index (χ2v) is 8.13. The minimum atomic E-state index is -0.665. The molecule has 1 heterocycles. The van der Waals surface area contributed by atoms with Crippen molar-refractivity contribution in [3.8, 4) is 11.1 Å². The number of ketones is 1. The predicted molar refractivity (Wildman–Crippen MR) is 116 cm³/mol. The molecule has 0 aliphatic heterocycles. The van der Waals surface area contributed by atoms with Crippen LogP contribution in [0.2, 0.25) is 0 Å². The van der Waals surface area contributed by atoms with Gasteiger partial charge < -0.3 is 15.0 Å². The topological polar surface area (TPSA) is 88.3 Å².